The van der Waals surface area contributed by atoms with Crippen LogP contribution in [-0.2, 0) is 0 Å². The molecule has 1 unspecified atom stereocenters. The molecule has 22 heavy (non-hydrogen) atoms. The van der Waals surface area contributed by atoms with Crippen LogP contribution >= 0.6 is 11.6 Å². The van der Waals surface area contributed by atoms with Gasteiger partial charge in [-0.05, 0) is 12.0 Å². The van der Waals surface area contributed by atoms with Crippen molar-refractivity contribution in [2.45, 2.75) is 26.1 Å². The molecule has 2 rings (SSSR count). The molecular formula is C14H13ClF3N3O. The lowest BCUT2D eigenvalue weighted by Gasteiger charge is -2.24. The van der Waals surface area contributed by atoms with E-state index in [4.69, 9.17) is 16.3 Å². The van der Waals surface area contributed by atoms with Crippen LogP contribution < -0.4 is 4.74 Å². The Labute approximate surface area is 130 Å². The summed E-state index contributed by atoms with van der Waals surface area (Å²) in [5.74, 6) is -0.815. The molecule has 0 saturated heterocycles. The van der Waals surface area contributed by atoms with Crippen molar-refractivity contribution in [3.05, 3.63) is 35.9 Å². The first-order chi connectivity index (χ1) is 10.3. The zero-order valence-corrected chi connectivity index (χ0v) is 12.6. The van der Waals surface area contributed by atoms with Crippen molar-refractivity contribution >= 4 is 11.6 Å². The molecule has 0 fully saturated rings. The SMILES string of the molecule is CC(C)C(Oc1ccc(-c2cnc(Cl)cn2)cn1)C(F)(F)F. The summed E-state index contributed by atoms with van der Waals surface area (Å²) in [6.45, 7) is 2.88. The van der Waals surface area contributed by atoms with Gasteiger partial charge >= 0.3 is 6.18 Å². The Kier molecular flexibility index (Phi) is 4.85. The van der Waals surface area contributed by atoms with Crippen LogP contribution in [0.4, 0.5) is 13.2 Å². The maximum absolute atomic E-state index is 12.9. The number of hydrogen-bond donors (Lipinski definition) is 0. The first-order valence-electron chi connectivity index (χ1n) is 6.44. The highest BCUT2D eigenvalue weighted by Crippen LogP contribution is 2.29. The van der Waals surface area contributed by atoms with Crippen LogP contribution in [0.15, 0.2) is 30.7 Å². The van der Waals surface area contributed by atoms with Gasteiger partial charge in [0.2, 0.25) is 5.88 Å². The number of pyridine rings is 1. The molecule has 0 amide bonds. The van der Waals surface area contributed by atoms with E-state index in [0.717, 1.165) is 0 Å². The van der Waals surface area contributed by atoms with Gasteiger partial charge in [-0.15, -0.1) is 0 Å². The quantitative estimate of drug-likeness (QED) is 0.844. The molecule has 0 N–H and O–H groups in total. The molecule has 0 aromatic carbocycles. The van der Waals surface area contributed by atoms with Crippen molar-refractivity contribution < 1.29 is 17.9 Å². The summed E-state index contributed by atoms with van der Waals surface area (Å²) in [6, 6.07) is 2.93. The molecule has 0 saturated carbocycles. The van der Waals surface area contributed by atoms with E-state index in [1.807, 2.05) is 0 Å². The maximum Gasteiger partial charge on any atom is 0.425 e. The molecule has 0 aliphatic carbocycles. The first-order valence-corrected chi connectivity index (χ1v) is 6.82. The van der Waals surface area contributed by atoms with Crippen molar-refractivity contribution in [3.8, 4) is 17.1 Å². The smallest absolute Gasteiger partial charge is 0.425 e. The second-order valence-electron chi connectivity index (χ2n) is 4.93. The molecule has 0 aliphatic rings. The number of aromatic nitrogens is 3. The topological polar surface area (TPSA) is 47.9 Å². The number of alkyl halides is 3. The van der Waals surface area contributed by atoms with Gasteiger partial charge in [-0.3, -0.25) is 4.98 Å². The average molecular weight is 332 g/mol. The number of hydrogen-bond acceptors (Lipinski definition) is 4. The van der Waals surface area contributed by atoms with Crippen LogP contribution in [0, 0.1) is 5.92 Å². The first kappa shape index (κ1) is 16.5. The molecule has 4 nitrogen and oxygen atoms in total. The zero-order valence-electron chi connectivity index (χ0n) is 11.8. The van der Waals surface area contributed by atoms with E-state index in [1.54, 1.807) is 6.07 Å². The number of rotatable bonds is 4. The highest BCUT2D eigenvalue weighted by atomic mass is 35.5. The minimum absolute atomic E-state index is 0.0957. The Morgan fingerprint density at radius 1 is 1.05 bits per heavy atom. The van der Waals surface area contributed by atoms with Crippen LogP contribution in [0.2, 0.25) is 5.15 Å². The monoisotopic (exact) mass is 331 g/mol. The van der Waals surface area contributed by atoms with E-state index in [9.17, 15) is 13.2 Å². The molecular weight excluding hydrogens is 319 g/mol. The third kappa shape index (κ3) is 4.07. The van der Waals surface area contributed by atoms with E-state index >= 15 is 0 Å². The van der Waals surface area contributed by atoms with E-state index in [0.29, 0.717) is 11.3 Å². The molecule has 1 atom stereocenters. The Morgan fingerprint density at radius 3 is 2.23 bits per heavy atom. The number of nitrogens with zero attached hydrogens (tertiary/aromatic N) is 3. The predicted octanol–water partition coefficient (Wildman–Crippen LogP) is 4.16. The van der Waals surface area contributed by atoms with E-state index in [1.165, 1.54) is 38.5 Å². The molecule has 0 bridgehead atoms. The molecule has 2 aromatic rings. The van der Waals surface area contributed by atoms with Gasteiger partial charge in [0.15, 0.2) is 6.10 Å². The highest BCUT2D eigenvalue weighted by Gasteiger charge is 2.44. The van der Waals surface area contributed by atoms with E-state index in [-0.39, 0.29) is 11.0 Å². The van der Waals surface area contributed by atoms with Crippen LogP contribution in [0.5, 0.6) is 5.88 Å². The average Bonchev–Trinajstić information content (AvgIpc) is 2.45. The predicted molar refractivity (Wildman–Crippen MR) is 75.6 cm³/mol. The summed E-state index contributed by atoms with van der Waals surface area (Å²) in [6.07, 6.45) is -2.15. The standard InChI is InChI=1S/C14H13ClF3N3O/c1-8(2)13(14(16,17)18)22-12-4-3-9(5-21-12)10-6-20-11(15)7-19-10/h3-8,13H,1-2H3. The van der Waals surface area contributed by atoms with Crippen LogP contribution in [0.3, 0.4) is 0 Å². The van der Waals surface area contributed by atoms with Gasteiger partial charge in [-0.2, -0.15) is 13.2 Å². The van der Waals surface area contributed by atoms with Gasteiger partial charge in [0.1, 0.15) is 5.15 Å². The van der Waals surface area contributed by atoms with Crippen molar-refractivity contribution in [1.29, 1.82) is 0 Å². The van der Waals surface area contributed by atoms with Crippen LogP contribution in [0.1, 0.15) is 13.8 Å². The summed E-state index contributed by atoms with van der Waals surface area (Å²) < 4.78 is 43.5. The lowest BCUT2D eigenvalue weighted by molar-refractivity contribution is -0.207. The summed E-state index contributed by atoms with van der Waals surface area (Å²) in [5.41, 5.74) is 1.12. The Morgan fingerprint density at radius 2 is 1.77 bits per heavy atom. The zero-order chi connectivity index (χ0) is 16.3. The van der Waals surface area contributed by atoms with Gasteiger partial charge in [0.05, 0.1) is 18.1 Å². The lowest BCUT2D eigenvalue weighted by atomic mass is 10.1. The number of halogens is 4. The second-order valence-corrected chi connectivity index (χ2v) is 5.32. The molecule has 118 valence electrons. The largest absolute Gasteiger partial charge is 0.464 e. The normalized spacial score (nSPS) is 13.2. The third-order valence-corrected chi connectivity index (χ3v) is 3.02. The molecule has 8 heteroatoms. The second kappa shape index (κ2) is 6.48. The van der Waals surface area contributed by atoms with E-state index in [2.05, 4.69) is 15.0 Å². The number of ether oxygens (including phenoxy) is 1. The van der Waals surface area contributed by atoms with Crippen LogP contribution in [-0.4, -0.2) is 27.2 Å². The molecule has 0 aliphatic heterocycles. The molecule has 0 radical (unpaired) electrons. The minimum atomic E-state index is -4.45. The fraction of sp³-hybridized carbons (Fsp3) is 0.357. The van der Waals surface area contributed by atoms with Gasteiger partial charge in [-0.25, -0.2) is 9.97 Å². The summed E-state index contributed by atoms with van der Waals surface area (Å²) in [4.78, 5) is 11.8. The highest BCUT2D eigenvalue weighted by molar-refractivity contribution is 6.29. The van der Waals surface area contributed by atoms with Gasteiger partial charge in [-0.1, -0.05) is 25.4 Å². The fourth-order valence-electron chi connectivity index (χ4n) is 1.77. The molecule has 2 heterocycles. The van der Waals surface area contributed by atoms with E-state index < -0.39 is 18.2 Å². The minimum Gasteiger partial charge on any atom is -0.464 e. The summed E-state index contributed by atoms with van der Waals surface area (Å²) in [7, 11) is 0. The van der Waals surface area contributed by atoms with Gasteiger partial charge in [0, 0.05) is 17.8 Å². The summed E-state index contributed by atoms with van der Waals surface area (Å²) in [5, 5.41) is 0.251. The van der Waals surface area contributed by atoms with Gasteiger partial charge in [0.25, 0.3) is 0 Å². The van der Waals surface area contributed by atoms with Crippen molar-refractivity contribution in [1.82, 2.24) is 15.0 Å². The fourth-order valence-corrected chi connectivity index (χ4v) is 1.87. The van der Waals surface area contributed by atoms with Crippen molar-refractivity contribution in [2.75, 3.05) is 0 Å². The summed E-state index contributed by atoms with van der Waals surface area (Å²) >= 11 is 5.64. The Hall–Kier alpha value is -1.89. The molecule has 0 spiro atoms. The maximum atomic E-state index is 12.9. The van der Waals surface area contributed by atoms with Crippen LogP contribution in [0.25, 0.3) is 11.3 Å². The Balaban J connectivity index is 2.16. The Bertz CT molecular complexity index is 615. The molecule has 2 aromatic heterocycles. The third-order valence-electron chi connectivity index (χ3n) is 2.83. The lowest BCUT2D eigenvalue weighted by Crippen LogP contribution is -2.39. The van der Waals surface area contributed by atoms with Crippen molar-refractivity contribution in [3.63, 3.8) is 0 Å². The van der Waals surface area contributed by atoms with Crippen molar-refractivity contribution in [2.24, 2.45) is 5.92 Å². The van der Waals surface area contributed by atoms with Gasteiger partial charge < -0.3 is 4.74 Å².